The zero-order valence-electron chi connectivity index (χ0n) is 17.0. The van der Waals surface area contributed by atoms with Gasteiger partial charge in [0.15, 0.2) is 0 Å². The Morgan fingerprint density at radius 3 is 2.53 bits per heavy atom. The van der Waals surface area contributed by atoms with Gasteiger partial charge in [-0.05, 0) is 24.5 Å². The largest absolute Gasteiger partial charge is 0.341 e. The highest BCUT2D eigenvalue weighted by Gasteiger charge is 2.42. The lowest BCUT2D eigenvalue weighted by molar-refractivity contribution is -0.135. The number of nitrogens with zero attached hydrogens (tertiary/aromatic N) is 4. The molecule has 1 aromatic carbocycles. The second kappa shape index (κ2) is 8.38. The number of aromatic nitrogens is 3. The van der Waals surface area contributed by atoms with Gasteiger partial charge >= 0.3 is 0 Å². The molecule has 6 nitrogen and oxygen atoms in total. The first kappa shape index (κ1) is 19.0. The predicted molar refractivity (Wildman–Crippen MR) is 113 cm³/mol. The van der Waals surface area contributed by atoms with Gasteiger partial charge < -0.3 is 9.42 Å². The number of hydrogen-bond acceptors (Lipinski definition) is 5. The lowest BCUT2D eigenvalue weighted by Crippen LogP contribution is -2.35. The topological polar surface area (TPSA) is 72.1 Å². The van der Waals surface area contributed by atoms with Gasteiger partial charge in [-0.3, -0.25) is 9.78 Å². The standard InChI is InChI=1S/C24H26N4O2/c29-24(18-10-5-2-6-11-18)28-15-20(19-12-7-13-25-14-19)21(16-28)23-26-22(27-30-23)17-8-3-1-4-9-17/h1,3-4,7-9,12-14,18,20-21H,2,5-6,10-11,15-16H2/t20-,21+/m0/s1. The SMILES string of the molecule is O=C(C1CCCCC1)N1C[C@@H](c2cccnc2)[C@H](c2nc(-c3ccccc3)no2)C1. The number of pyridine rings is 1. The molecule has 154 valence electrons. The van der Waals surface area contributed by atoms with Gasteiger partial charge in [-0.25, -0.2) is 0 Å². The highest BCUT2D eigenvalue weighted by Crippen LogP contribution is 2.40. The molecule has 1 saturated carbocycles. The number of rotatable bonds is 4. The third-order valence-corrected chi connectivity index (χ3v) is 6.49. The Labute approximate surface area is 176 Å². The highest BCUT2D eigenvalue weighted by molar-refractivity contribution is 5.79. The van der Waals surface area contributed by atoms with Crippen LogP contribution < -0.4 is 0 Å². The highest BCUT2D eigenvalue weighted by atomic mass is 16.5. The summed E-state index contributed by atoms with van der Waals surface area (Å²) in [5.74, 6) is 1.72. The molecule has 0 radical (unpaired) electrons. The average Bonchev–Trinajstić information content (AvgIpc) is 3.48. The van der Waals surface area contributed by atoms with Gasteiger partial charge in [-0.2, -0.15) is 4.98 Å². The molecule has 2 fully saturated rings. The minimum atomic E-state index is -0.0216. The van der Waals surface area contributed by atoms with Gasteiger partial charge in [0, 0.05) is 42.9 Å². The monoisotopic (exact) mass is 402 g/mol. The van der Waals surface area contributed by atoms with Gasteiger partial charge in [-0.1, -0.05) is 60.8 Å². The van der Waals surface area contributed by atoms with Crippen molar-refractivity contribution >= 4 is 5.91 Å². The summed E-state index contributed by atoms with van der Waals surface area (Å²) in [5, 5.41) is 4.21. The van der Waals surface area contributed by atoms with E-state index in [1.165, 1.54) is 6.42 Å². The van der Waals surface area contributed by atoms with Crippen LogP contribution in [0.25, 0.3) is 11.4 Å². The first-order chi connectivity index (χ1) is 14.8. The Morgan fingerprint density at radius 1 is 0.967 bits per heavy atom. The summed E-state index contributed by atoms with van der Waals surface area (Å²) in [4.78, 5) is 24.3. The van der Waals surface area contributed by atoms with Crippen LogP contribution in [0.3, 0.4) is 0 Å². The average molecular weight is 402 g/mol. The van der Waals surface area contributed by atoms with Crippen LogP contribution in [-0.2, 0) is 4.79 Å². The normalized spacial score (nSPS) is 22.3. The van der Waals surface area contributed by atoms with E-state index in [4.69, 9.17) is 9.51 Å². The third kappa shape index (κ3) is 3.74. The van der Waals surface area contributed by atoms with Gasteiger partial charge in [0.1, 0.15) is 0 Å². The van der Waals surface area contributed by atoms with E-state index < -0.39 is 0 Å². The number of benzene rings is 1. The number of amides is 1. The second-order valence-electron chi connectivity index (χ2n) is 8.40. The first-order valence-corrected chi connectivity index (χ1v) is 10.9. The van der Waals surface area contributed by atoms with Crippen molar-refractivity contribution in [3.63, 3.8) is 0 Å². The number of hydrogen-bond donors (Lipinski definition) is 0. The molecule has 5 rings (SSSR count). The fourth-order valence-electron chi connectivity index (χ4n) is 4.87. The maximum atomic E-state index is 13.2. The van der Waals surface area contributed by atoms with Crippen molar-refractivity contribution in [1.29, 1.82) is 0 Å². The van der Waals surface area contributed by atoms with E-state index in [1.807, 2.05) is 47.5 Å². The van der Waals surface area contributed by atoms with Crippen LogP contribution in [0.5, 0.6) is 0 Å². The molecule has 1 aliphatic heterocycles. The van der Waals surface area contributed by atoms with Crippen molar-refractivity contribution in [2.24, 2.45) is 5.92 Å². The fraction of sp³-hybridized carbons (Fsp3) is 0.417. The minimum absolute atomic E-state index is 0.0216. The van der Waals surface area contributed by atoms with Crippen LogP contribution in [-0.4, -0.2) is 39.0 Å². The second-order valence-corrected chi connectivity index (χ2v) is 8.40. The molecule has 0 N–H and O–H groups in total. The number of carbonyl (C=O) groups excluding carboxylic acids is 1. The molecule has 2 aromatic heterocycles. The van der Waals surface area contributed by atoms with Gasteiger partial charge in [0.25, 0.3) is 0 Å². The Balaban J connectivity index is 1.42. The molecule has 1 saturated heterocycles. The molecule has 2 aliphatic rings. The van der Waals surface area contributed by atoms with Crippen LogP contribution >= 0.6 is 0 Å². The predicted octanol–water partition coefficient (Wildman–Crippen LogP) is 4.42. The first-order valence-electron chi connectivity index (χ1n) is 10.9. The maximum absolute atomic E-state index is 13.2. The molecule has 30 heavy (non-hydrogen) atoms. The Kier molecular flexibility index (Phi) is 5.30. The van der Waals surface area contributed by atoms with Gasteiger partial charge in [0.05, 0.1) is 5.92 Å². The van der Waals surface area contributed by atoms with E-state index in [0.717, 1.165) is 36.8 Å². The van der Waals surface area contributed by atoms with Crippen molar-refractivity contribution in [1.82, 2.24) is 20.0 Å². The summed E-state index contributed by atoms with van der Waals surface area (Å²) in [7, 11) is 0. The summed E-state index contributed by atoms with van der Waals surface area (Å²) in [5.41, 5.74) is 2.04. The molecule has 1 amide bonds. The van der Waals surface area contributed by atoms with Crippen LogP contribution in [0.4, 0.5) is 0 Å². The van der Waals surface area contributed by atoms with E-state index in [9.17, 15) is 4.79 Å². The third-order valence-electron chi connectivity index (χ3n) is 6.49. The van der Waals surface area contributed by atoms with E-state index in [-0.39, 0.29) is 23.7 Å². The smallest absolute Gasteiger partial charge is 0.232 e. The van der Waals surface area contributed by atoms with Crippen molar-refractivity contribution in [3.05, 3.63) is 66.3 Å². The molecule has 0 bridgehead atoms. The molecule has 0 unspecified atom stereocenters. The summed E-state index contributed by atoms with van der Waals surface area (Å²) >= 11 is 0. The Bertz CT molecular complexity index is 983. The number of likely N-dealkylation sites (tertiary alicyclic amines) is 1. The molecule has 0 spiro atoms. The Hall–Kier alpha value is -3.02. The van der Waals surface area contributed by atoms with Gasteiger partial charge in [0.2, 0.25) is 17.6 Å². The zero-order valence-corrected chi connectivity index (χ0v) is 17.0. The quantitative estimate of drug-likeness (QED) is 0.646. The lowest BCUT2D eigenvalue weighted by Gasteiger charge is -2.26. The lowest BCUT2D eigenvalue weighted by atomic mass is 9.88. The summed E-state index contributed by atoms with van der Waals surface area (Å²) in [6, 6.07) is 13.9. The summed E-state index contributed by atoms with van der Waals surface area (Å²) in [6.45, 7) is 1.29. The minimum Gasteiger partial charge on any atom is -0.341 e. The van der Waals surface area contributed by atoms with E-state index >= 15 is 0 Å². The summed E-state index contributed by atoms with van der Waals surface area (Å²) in [6.07, 6.45) is 9.24. The maximum Gasteiger partial charge on any atom is 0.232 e. The zero-order chi connectivity index (χ0) is 20.3. The van der Waals surface area contributed by atoms with Crippen LogP contribution in [0.15, 0.2) is 59.4 Å². The molecule has 3 aromatic rings. The molecular formula is C24H26N4O2. The van der Waals surface area contributed by atoms with Crippen LogP contribution in [0.2, 0.25) is 0 Å². The van der Waals surface area contributed by atoms with E-state index in [0.29, 0.717) is 24.8 Å². The van der Waals surface area contributed by atoms with Crippen molar-refractivity contribution < 1.29 is 9.32 Å². The molecule has 6 heteroatoms. The summed E-state index contributed by atoms with van der Waals surface area (Å²) < 4.78 is 5.71. The van der Waals surface area contributed by atoms with Crippen LogP contribution in [0, 0.1) is 5.92 Å². The fourth-order valence-corrected chi connectivity index (χ4v) is 4.87. The molecular weight excluding hydrogens is 376 g/mol. The number of carbonyl (C=O) groups is 1. The van der Waals surface area contributed by atoms with Crippen molar-refractivity contribution in [2.75, 3.05) is 13.1 Å². The Morgan fingerprint density at radius 2 is 1.77 bits per heavy atom. The van der Waals surface area contributed by atoms with E-state index in [1.54, 1.807) is 6.20 Å². The van der Waals surface area contributed by atoms with Crippen molar-refractivity contribution in [3.8, 4) is 11.4 Å². The molecule has 3 heterocycles. The van der Waals surface area contributed by atoms with Gasteiger partial charge in [-0.15, -0.1) is 0 Å². The molecule has 1 aliphatic carbocycles. The van der Waals surface area contributed by atoms with Crippen LogP contribution in [0.1, 0.15) is 55.4 Å². The molecule has 2 atom stereocenters. The van der Waals surface area contributed by atoms with Crippen molar-refractivity contribution in [2.45, 2.75) is 43.9 Å². The van der Waals surface area contributed by atoms with E-state index in [2.05, 4.69) is 16.2 Å².